The Morgan fingerprint density at radius 3 is 2.32 bits per heavy atom. The number of ether oxygens (including phenoxy) is 4. The fourth-order valence-corrected chi connectivity index (χ4v) is 3.02. The van der Waals surface area contributed by atoms with E-state index in [1.54, 1.807) is 46.6 Å². The van der Waals surface area contributed by atoms with E-state index in [1.807, 2.05) is 25.1 Å². The summed E-state index contributed by atoms with van der Waals surface area (Å²) in [6.45, 7) is 5.65. The Kier molecular flexibility index (Phi) is 7.32. The lowest BCUT2D eigenvalue weighted by atomic mass is 10.0. The van der Waals surface area contributed by atoms with Crippen LogP contribution in [-0.2, 0) is 6.42 Å². The van der Waals surface area contributed by atoms with Gasteiger partial charge in [-0.25, -0.2) is 0 Å². The van der Waals surface area contributed by atoms with Crippen LogP contribution in [0.15, 0.2) is 43.0 Å². The Bertz CT molecular complexity index is 847. The van der Waals surface area contributed by atoms with Crippen LogP contribution >= 0.6 is 0 Å². The molecule has 0 unspecified atom stereocenters. The van der Waals surface area contributed by atoms with Gasteiger partial charge >= 0.3 is 0 Å². The highest BCUT2D eigenvalue weighted by molar-refractivity contribution is 5.95. The number of amides is 1. The molecular formula is C22H27NO5. The first-order valence-electron chi connectivity index (χ1n) is 8.87. The van der Waals surface area contributed by atoms with E-state index in [-0.39, 0.29) is 11.9 Å². The summed E-state index contributed by atoms with van der Waals surface area (Å²) in [7, 11) is 6.30. The van der Waals surface area contributed by atoms with Crippen LogP contribution < -0.4 is 24.3 Å². The SMILES string of the molecule is C=CCc1cc(C(=O)N[C@H](C)c2cc(OC)ccc2OC)cc(OC)c1OC. The number of allylic oxidation sites excluding steroid dienone is 1. The normalized spacial score (nSPS) is 11.3. The summed E-state index contributed by atoms with van der Waals surface area (Å²) in [4.78, 5) is 12.9. The lowest BCUT2D eigenvalue weighted by Crippen LogP contribution is -2.27. The number of benzene rings is 2. The van der Waals surface area contributed by atoms with Gasteiger partial charge in [-0.05, 0) is 43.7 Å². The lowest BCUT2D eigenvalue weighted by Gasteiger charge is -2.19. The molecule has 0 bridgehead atoms. The van der Waals surface area contributed by atoms with Gasteiger partial charge < -0.3 is 24.3 Å². The summed E-state index contributed by atoms with van der Waals surface area (Å²) < 4.78 is 21.5. The van der Waals surface area contributed by atoms with E-state index in [2.05, 4.69) is 11.9 Å². The molecule has 0 aliphatic heterocycles. The molecule has 0 spiro atoms. The average molecular weight is 385 g/mol. The molecule has 150 valence electrons. The van der Waals surface area contributed by atoms with Crippen LogP contribution in [0, 0.1) is 0 Å². The molecule has 2 rings (SSSR count). The summed E-state index contributed by atoms with van der Waals surface area (Å²) in [5, 5.41) is 3.00. The highest BCUT2D eigenvalue weighted by atomic mass is 16.5. The molecule has 28 heavy (non-hydrogen) atoms. The quantitative estimate of drug-likeness (QED) is 0.663. The largest absolute Gasteiger partial charge is 0.497 e. The van der Waals surface area contributed by atoms with Crippen molar-refractivity contribution in [3.8, 4) is 23.0 Å². The number of carbonyl (C=O) groups is 1. The van der Waals surface area contributed by atoms with E-state index in [0.717, 1.165) is 11.1 Å². The van der Waals surface area contributed by atoms with E-state index < -0.39 is 0 Å². The molecule has 0 saturated carbocycles. The Morgan fingerprint density at radius 2 is 1.75 bits per heavy atom. The highest BCUT2D eigenvalue weighted by Crippen LogP contribution is 2.34. The first-order chi connectivity index (χ1) is 13.5. The van der Waals surface area contributed by atoms with Gasteiger partial charge in [0.1, 0.15) is 11.5 Å². The molecule has 6 nitrogen and oxygen atoms in total. The van der Waals surface area contributed by atoms with E-state index in [0.29, 0.717) is 35.0 Å². The maximum Gasteiger partial charge on any atom is 0.251 e. The van der Waals surface area contributed by atoms with Crippen molar-refractivity contribution in [3.63, 3.8) is 0 Å². The van der Waals surface area contributed by atoms with Gasteiger partial charge in [0.05, 0.1) is 34.5 Å². The number of carbonyl (C=O) groups excluding carboxylic acids is 1. The van der Waals surface area contributed by atoms with Gasteiger partial charge in [-0.1, -0.05) is 6.08 Å². The topological polar surface area (TPSA) is 66.0 Å². The number of methoxy groups -OCH3 is 4. The Labute approximate surface area is 166 Å². The average Bonchev–Trinajstić information content (AvgIpc) is 2.72. The van der Waals surface area contributed by atoms with Crippen molar-refractivity contribution in [2.45, 2.75) is 19.4 Å². The van der Waals surface area contributed by atoms with E-state index in [9.17, 15) is 4.79 Å². The van der Waals surface area contributed by atoms with Gasteiger partial charge in [0, 0.05) is 16.7 Å². The zero-order valence-electron chi connectivity index (χ0n) is 17.0. The first-order valence-corrected chi connectivity index (χ1v) is 8.87. The summed E-state index contributed by atoms with van der Waals surface area (Å²) in [5.74, 6) is 2.23. The fraction of sp³-hybridized carbons (Fsp3) is 0.318. The zero-order valence-corrected chi connectivity index (χ0v) is 17.0. The molecule has 2 aromatic rings. The second kappa shape index (κ2) is 9.69. The van der Waals surface area contributed by atoms with Crippen molar-refractivity contribution in [1.29, 1.82) is 0 Å². The van der Waals surface area contributed by atoms with Gasteiger partial charge in [0.2, 0.25) is 0 Å². The van der Waals surface area contributed by atoms with Crippen molar-refractivity contribution < 1.29 is 23.7 Å². The minimum atomic E-state index is -0.298. The van der Waals surface area contributed by atoms with E-state index in [1.165, 1.54) is 0 Å². The Balaban J connectivity index is 2.34. The third-order valence-electron chi connectivity index (χ3n) is 4.43. The zero-order chi connectivity index (χ0) is 20.7. The van der Waals surface area contributed by atoms with Crippen LogP contribution in [0.2, 0.25) is 0 Å². The number of rotatable bonds is 9. The summed E-state index contributed by atoms with van der Waals surface area (Å²) in [5.41, 5.74) is 2.12. The molecular weight excluding hydrogens is 358 g/mol. The summed E-state index contributed by atoms with van der Waals surface area (Å²) in [6.07, 6.45) is 2.31. The first kappa shape index (κ1) is 21.2. The van der Waals surface area contributed by atoms with Crippen LogP contribution in [0.1, 0.15) is 34.5 Å². The third kappa shape index (κ3) is 4.57. The molecule has 2 aromatic carbocycles. The van der Waals surface area contributed by atoms with Crippen LogP contribution in [0.5, 0.6) is 23.0 Å². The van der Waals surface area contributed by atoms with Crippen molar-refractivity contribution in [2.75, 3.05) is 28.4 Å². The third-order valence-corrected chi connectivity index (χ3v) is 4.43. The van der Waals surface area contributed by atoms with Crippen molar-refractivity contribution in [2.24, 2.45) is 0 Å². The smallest absolute Gasteiger partial charge is 0.251 e. The van der Waals surface area contributed by atoms with Crippen molar-refractivity contribution in [1.82, 2.24) is 5.32 Å². The highest BCUT2D eigenvalue weighted by Gasteiger charge is 2.19. The molecule has 1 N–H and O–H groups in total. The maximum absolute atomic E-state index is 12.9. The molecule has 6 heteroatoms. The van der Waals surface area contributed by atoms with Gasteiger partial charge in [0.25, 0.3) is 5.91 Å². The summed E-state index contributed by atoms with van der Waals surface area (Å²) >= 11 is 0. The number of nitrogens with one attached hydrogen (secondary N) is 1. The minimum Gasteiger partial charge on any atom is -0.497 e. The fourth-order valence-electron chi connectivity index (χ4n) is 3.02. The molecule has 0 aromatic heterocycles. The van der Waals surface area contributed by atoms with Gasteiger partial charge in [-0.2, -0.15) is 0 Å². The van der Waals surface area contributed by atoms with Crippen LogP contribution in [0.25, 0.3) is 0 Å². The van der Waals surface area contributed by atoms with E-state index >= 15 is 0 Å². The monoisotopic (exact) mass is 385 g/mol. The summed E-state index contributed by atoms with van der Waals surface area (Å²) in [6, 6.07) is 8.63. The Morgan fingerprint density at radius 1 is 1.04 bits per heavy atom. The molecule has 0 aliphatic carbocycles. The van der Waals surface area contributed by atoms with Crippen molar-refractivity contribution >= 4 is 5.91 Å². The molecule has 0 saturated heterocycles. The standard InChI is InChI=1S/C22H27NO5/c1-7-8-15-11-16(12-20(27-5)21(15)28-6)22(24)23-14(2)18-13-17(25-3)9-10-19(18)26-4/h7,9-14H,1,8H2,2-6H3,(H,23,24)/t14-/m1/s1. The second-order valence-electron chi connectivity index (χ2n) is 6.17. The van der Waals surface area contributed by atoms with E-state index in [4.69, 9.17) is 18.9 Å². The van der Waals surface area contributed by atoms with Gasteiger partial charge in [-0.15, -0.1) is 6.58 Å². The molecule has 0 radical (unpaired) electrons. The molecule has 1 atom stereocenters. The number of hydrogen-bond acceptors (Lipinski definition) is 5. The molecule has 0 aliphatic rings. The number of hydrogen-bond donors (Lipinski definition) is 1. The maximum atomic E-state index is 12.9. The van der Waals surface area contributed by atoms with Crippen LogP contribution in [-0.4, -0.2) is 34.3 Å². The van der Waals surface area contributed by atoms with Gasteiger partial charge in [-0.3, -0.25) is 4.79 Å². The van der Waals surface area contributed by atoms with Crippen LogP contribution in [0.4, 0.5) is 0 Å². The molecule has 0 fully saturated rings. The minimum absolute atomic E-state index is 0.233. The molecule has 1 amide bonds. The van der Waals surface area contributed by atoms with Crippen LogP contribution in [0.3, 0.4) is 0 Å². The predicted octanol–water partition coefficient (Wildman–Crippen LogP) is 3.94. The predicted molar refractivity (Wildman–Crippen MR) is 109 cm³/mol. The van der Waals surface area contributed by atoms with Crippen molar-refractivity contribution in [3.05, 3.63) is 59.7 Å². The van der Waals surface area contributed by atoms with Gasteiger partial charge in [0.15, 0.2) is 11.5 Å². The Hall–Kier alpha value is -3.15. The lowest BCUT2D eigenvalue weighted by molar-refractivity contribution is 0.0939. The second-order valence-corrected chi connectivity index (χ2v) is 6.17. The molecule has 0 heterocycles.